The fourth-order valence-corrected chi connectivity index (χ4v) is 3.35. The molecule has 3 rings (SSSR count). The molecule has 2 heterocycles. The fourth-order valence-electron chi connectivity index (χ4n) is 3.35. The second kappa shape index (κ2) is 4.41. The molecule has 1 atom stereocenters. The van der Waals surface area contributed by atoms with Gasteiger partial charge in [0.15, 0.2) is 5.82 Å². The molecule has 0 amide bonds. The average molecular weight is 234 g/mol. The molecule has 0 bridgehead atoms. The van der Waals surface area contributed by atoms with Gasteiger partial charge < -0.3 is 9.88 Å². The molecule has 1 saturated carbocycles. The molecular weight excluding hydrogens is 212 g/mol. The van der Waals surface area contributed by atoms with Crippen LogP contribution in [-0.4, -0.2) is 21.3 Å². The number of nitrogens with zero attached hydrogens (tertiary/aromatic N) is 3. The van der Waals surface area contributed by atoms with Crippen LogP contribution in [0.1, 0.15) is 63.7 Å². The van der Waals surface area contributed by atoms with Gasteiger partial charge in [0.2, 0.25) is 0 Å². The van der Waals surface area contributed by atoms with Crippen molar-refractivity contribution in [2.75, 3.05) is 6.54 Å². The van der Waals surface area contributed by atoms with Gasteiger partial charge in [0, 0.05) is 6.04 Å². The summed E-state index contributed by atoms with van der Waals surface area (Å²) in [6, 6.07) is 0.632. The minimum Gasteiger partial charge on any atom is -0.313 e. The van der Waals surface area contributed by atoms with Gasteiger partial charge in [0.1, 0.15) is 6.33 Å². The van der Waals surface area contributed by atoms with Crippen LogP contribution in [0.2, 0.25) is 0 Å². The van der Waals surface area contributed by atoms with Crippen LogP contribution in [0.4, 0.5) is 0 Å². The minimum atomic E-state index is 0.0496. The summed E-state index contributed by atoms with van der Waals surface area (Å²) in [6.45, 7) is 3.37. The Bertz CT molecular complexity index is 373. The highest BCUT2D eigenvalue weighted by Crippen LogP contribution is 2.34. The van der Waals surface area contributed by atoms with Crippen molar-refractivity contribution in [2.45, 2.75) is 63.5 Å². The third kappa shape index (κ3) is 1.99. The second-order valence-electron chi connectivity index (χ2n) is 5.72. The van der Waals surface area contributed by atoms with E-state index in [1.807, 2.05) is 6.33 Å². The Morgan fingerprint density at radius 1 is 1.29 bits per heavy atom. The molecule has 1 saturated heterocycles. The molecule has 1 N–H and O–H groups in total. The Labute approximate surface area is 103 Å². The lowest BCUT2D eigenvalue weighted by molar-refractivity contribution is 0.309. The van der Waals surface area contributed by atoms with E-state index in [1.54, 1.807) is 0 Å². The summed E-state index contributed by atoms with van der Waals surface area (Å²) in [4.78, 5) is 0. The van der Waals surface area contributed by atoms with Crippen LogP contribution in [-0.2, 0) is 5.54 Å². The van der Waals surface area contributed by atoms with Crippen molar-refractivity contribution in [1.29, 1.82) is 0 Å². The van der Waals surface area contributed by atoms with Gasteiger partial charge in [-0.05, 0) is 39.2 Å². The number of hydrogen-bond acceptors (Lipinski definition) is 3. The van der Waals surface area contributed by atoms with Gasteiger partial charge in [0.25, 0.3) is 0 Å². The normalized spacial score (nSPS) is 30.9. The van der Waals surface area contributed by atoms with Crippen LogP contribution in [0.15, 0.2) is 6.33 Å². The Kier molecular flexibility index (Phi) is 2.90. The van der Waals surface area contributed by atoms with E-state index >= 15 is 0 Å². The first-order valence-electron chi connectivity index (χ1n) is 6.95. The first-order chi connectivity index (χ1) is 8.30. The summed E-state index contributed by atoms with van der Waals surface area (Å²) in [6.07, 6.45) is 11.0. The summed E-state index contributed by atoms with van der Waals surface area (Å²) in [5.41, 5.74) is 0.0496. The first-order valence-corrected chi connectivity index (χ1v) is 6.95. The SMILES string of the molecule is CC1(c2nncn2C2CCCCC2)CCCN1. The molecule has 2 aliphatic rings. The molecule has 17 heavy (non-hydrogen) atoms. The largest absolute Gasteiger partial charge is 0.313 e. The van der Waals surface area contributed by atoms with Gasteiger partial charge >= 0.3 is 0 Å². The van der Waals surface area contributed by atoms with E-state index in [0.717, 1.165) is 12.4 Å². The molecule has 94 valence electrons. The first kappa shape index (κ1) is 11.2. The molecule has 4 nitrogen and oxygen atoms in total. The lowest BCUT2D eigenvalue weighted by Crippen LogP contribution is -2.37. The predicted molar refractivity (Wildman–Crippen MR) is 66.7 cm³/mol. The molecule has 0 spiro atoms. The van der Waals surface area contributed by atoms with E-state index in [0.29, 0.717) is 6.04 Å². The maximum absolute atomic E-state index is 4.40. The number of rotatable bonds is 2. The standard InChI is InChI=1S/C13H22N4/c1-13(8-5-9-14-13)12-16-15-10-17(12)11-6-3-2-4-7-11/h10-11,14H,2-9H2,1H3. The topological polar surface area (TPSA) is 42.7 Å². The van der Waals surface area contributed by atoms with E-state index in [2.05, 4.69) is 27.0 Å². The zero-order valence-corrected chi connectivity index (χ0v) is 10.7. The molecule has 1 aromatic rings. The van der Waals surface area contributed by atoms with Crippen LogP contribution in [0, 0.1) is 0 Å². The van der Waals surface area contributed by atoms with Gasteiger partial charge in [-0.3, -0.25) is 0 Å². The van der Waals surface area contributed by atoms with Crippen LogP contribution in [0.25, 0.3) is 0 Å². The van der Waals surface area contributed by atoms with E-state index in [9.17, 15) is 0 Å². The Morgan fingerprint density at radius 3 is 2.82 bits per heavy atom. The predicted octanol–water partition coefficient (Wildman–Crippen LogP) is 2.38. The quantitative estimate of drug-likeness (QED) is 0.854. The highest BCUT2D eigenvalue weighted by atomic mass is 15.3. The summed E-state index contributed by atoms with van der Waals surface area (Å²) in [7, 11) is 0. The van der Waals surface area contributed by atoms with E-state index in [1.165, 1.54) is 44.9 Å². The fraction of sp³-hybridized carbons (Fsp3) is 0.846. The number of hydrogen-bond donors (Lipinski definition) is 1. The summed E-state index contributed by atoms with van der Waals surface area (Å²) >= 11 is 0. The van der Waals surface area contributed by atoms with Crippen molar-refractivity contribution in [3.8, 4) is 0 Å². The highest BCUT2D eigenvalue weighted by molar-refractivity contribution is 5.08. The lowest BCUT2D eigenvalue weighted by Gasteiger charge is -2.29. The van der Waals surface area contributed by atoms with E-state index < -0.39 is 0 Å². The zero-order chi connectivity index (χ0) is 11.7. The van der Waals surface area contributed by atoms with Crippen molar-refractivity contribution >= 4 is 0 Å². The second-order valence-corrected chi connectivity index (χ2v) is 5.72. The molecule has 1 aliphatic carbocycles. The van der Waals surface area contributed by atoms with Gasteiger partial charge in [-0.1, -0.05) is 19.3 Å². The van der Waals surface area contributed by atoms with E-state index in [4.69, 9.17) is 0 Å². The van der Waals surface area contributed by atoms with Crippen LogP contribution in [0.5, 0.6) is 0 Å². The molecule has 0 radical (unpaired) electrons. The highest BCUT2D eigenvalue weighted by Gasteiger charge is 2.36. The molecule has 1 aliphatic heterocycles. The van der Waals surface area contributed by atoms with Crippen LogP contribution >= 0.6 is 0 Å². The Balaban J connectivity index is 1.87. The van der Waals surface area contributed by atoms with Gasteiger partial charge in [0.05, 0.1) is 5.54 Å². The zero-order valence-electron chi connectivity index (χ0n) is 10.7. The van der Waals surface area contributed by atoms with Crippen molar-refractivity contribution in [3.63, 3.8) is 0 Å². The van der Waals surface area contributed by atoms with Crippen molar-refractivity contribution in [1.82, 2.24) is 20.1 Å². The minimum absolute atomic E-state index is 0.0496. The van der Waals surface area contributed by atoms with E-state index in [-0.39, 0.29) is 5.54 Å². The van der Waals surface area contributed by atoms with Gasteiger partial charge in [-0.25, -0.2) is 0 Å². The molecule has 4 heteroatoms. The summed E-state index contributed by atoms with van der Waals surface area (Å²) in [5, 5.41) is 12.1. The maximum Gasteiger partial charge on any atom is 0.153 e. The molecule has 1 aromatic heterocycles. The van der Waals surface area contributed by atoms with Crippen LogP contribution in [0.3, 0.4) is 0 Å². The molecule has 0 aromatic carbocycles. The van der Waals surface area contributed by atoms with Crippen molar-refractivity contribution < 1.29 is 0 Å². The van der Waals surface area contributed by atoms with Crippen molar-refractivity contribution in [3.05, 3.63) is 12.2 Å². The smallest absolute Gasteiger partial charge is 0.153 e. The summed E-state index contributed by atoms with van der Waals surface area (Å²) in [5.74, 6) is 1.15. The van der Waals surface area contributed by atoms with Gasteiger partial charge in [-0.15, -0.1) is 10.2 Å². The van der Waals surface area contributed by atoms with Gasteiger partial charge in [-0.2, -0.15) is 0 Å². The molecular formula is C13H22N4. The third-order valence-electron chi connectivity index (χ3n) is 4.40. The molecule has 2 fully saturated rings. The Morgan fingerprint density at radius 2 is 2.12 bits per heavy atom. The third-order valence-corrected chi connectivity index (χ3v) is 4.40. The molecule has 1 unspecified atom stereocenters. The lowest BCUT2D eigenvalue weighted by atomic mass is 9.93. The Hall–Kier alpha value is -0.900. The number of nitrogens with one attached hydrogen (secondary N) is 1. The monoisotopic (exact) mass is 234 g/mol. The van der Waals surface area contributed by atoms with Crippen LogP contribution < -0.4 is 5.32 Å². The average Bonchev–Trinajstić information content (AvgIpc) is 2.99. The number of aromatic nitrogens is 3. The summed E-state index contributed by atoms with van der Waals surface area (Å²) < 4.78 is 2.34. The van der Waals surface area contributed by atoms with Crippen molar-refractivity contribution in [2.24, 2.45) is 0 Å². The maximum atomic E-state index is 4.40.